The first-order valence-corrected chi connectivity index (χ1v) is 5.74. The SMILES string of the molecule is CNC(c1ccc(F)cc1F)c1ncccc1Cl. The molecule has 5 heteroatoms. The molecule has 1 aromatic heterocycles. The maximum atomic E-state index is 13.8. The highest BCUT2D eigenvalue weighted by Crippen LogP contribution is 2.27. The molecule has 2 aromatic rings. The molecule has 0 aliphatic carbocycles. The van der Waals surface area contributed by atoms with Crippen molar-refractivity contribution in [2.75, 3.05) is 7.05 Å². The van der Waals surface area contributed by atoms with Crippen LogP contribution in [0, 0.1) is 11.6 Å². The van der Waals surface area contributed by atoms with Crippen LogP contribution in [-0.4, -0.2) is 12.0 Å². The van der Waals surface area contributed by atoms with Gasteiger partial charge in [0.2, 0.25) is 0 Å². The van der Waals surface area contributed by atoms with Crippen molar-refractivity contribution in [3.8, 4) is 0 Å². The van der Waals surface area contributed by atoms with Crippen LogP contribution in [0.25, 0.3) is 0 Å². The molecule has 1 atom stereocenters. The van der Waals surface area contributed by atoms with Crippen LogP contribution in [0.3, 0.4) is 0 Å². The Balaban J connectivity index is 2.49. The Labute approximate surface area is 109 Å². The molecule has 94 valence electrons. The van der Waals surface area contributed by atoms with Gasteiger partial charge in [-0.2, -0.15) is 0 Å². The lowest BCUT2D eigenvalue weighted by atomic mass is 10.0. The molecule has 0 saturated heterocycles. The second kappa shape index (κ2) is 5.42. The minimum absolute atomic E-state index is 0.305. The van der Waals surface area contributed by atoms with Crippen molar-refractivity contribution in [2.24, 2.45) is 0 Å². The van der Waals surface area contributed by atoms with Crippen LogP contribution < -0.4 is 5.32 Å². The molecule has 0 bridgehead atoms. The van der Waals surface area contributed by atoms with E-state index in [4.69, 9.17) is 11.6 Å². The second-order valence-corrected chi connectivity index (χ2v) is 4.17. The maximum Gasteiger partial charge on any atom is 0.131 e. The number of nitrogens with one attached hydrogen (secondary N) is 1. The number of benzene rings is 1. The Kier molecular flexibility index (Phi) is 3.89. The van der Waals surface area contributed by atoms with Crippen molar-refractivity contribution in [3.05, 3.63) is 64.4 Å². The zero-order valence-electron chi connectivity index (χ0n) is 9.62. The lowest BCUT2D eigenvalue weighted by Crippen LogP contribution is -2.20. The summed E-state index contributed by atoms with van der Waals surface area (Å²) >= 11 is 6.03. The monoisotopic (exact) mass is 268 g/mol. The lowest BCUT2D eigenvalue weighted by Gasteiger charge is -2.17. The van der Waals surface area contributed by atoms with E-state index in [1.54, 1.807) is 25.4 Å². The Bertz CT molecular complexity index is 560. The molecule has 0 radical (unpaired) electrons. The molecule has 1 unspecified atom stereocenters. The average Bonchev–Trinajstić information content (AvgIpc) is 2.34. The van der Waals surface area contributed by atoms with Crippen LogP contribution in [0.1, 0.15) is 17.3 Å². The van der Waals surface area contributed by atoms with E-state index in [-0.39, 0.29) is 0 Å². The van der Waals surface area contributed by atoms with E-state index in [0.29, 0.717) is 16.3 Å². The second-order valence-electron chi connectivity index (χ2n) is 3.76. The summed E-state index contributed by atoms with van der Waals surface area (Å²) in [5.41, 5.74) is 0.812. The number of aromatic nitrogens is 1. The van der Waals surface area contributed by atoms with Crippen LogP contribution in [0.15, 0.2) is 36.5 Å². The number of hydrogen-bond donors (Lipinski definition) is 1. The van der Waals surface area contributed by atoms with E-state index in [1.807, 2.05) is 0 Å². The molecule has 0 aliphatic rings. The summed E-state index contributed by atoms with van der Waals surface area (Å²) in [7, 11) is 1.67. The average molecular weight is 269 g/mol. The lowest BCUT2D eigenvalue weighted by molar-refractivity contribution is 0.548. The van der Waals surface area contributed by atoms with Gasteiger partial charge in [-0.3, -0.25) is 4.98 Å². The van der Waals surface area contributed by atoms with E-state index in [9.17, 15) is 8.78 Å². The third-order valence-electron chi connectivity index (χ3n) is 2.62. The van der Waals surface area contributed by atoms with Gasteiger partial charge in [0.15, 0.2) is 0 Å². The molecule has 0 aliphatic heterocycles. The van der Waals surface area contributed by atoms with E-state index in [2.05, 4.69) is 10.3 Å². The van der Waals surface area contributed by atoms with Crippen LogP contribution in [0.4, 0.5) is 8.78 Å². The van der Waals surface area contributed by atoms with Gasteiger partial charge in [0.1, 0.15) is 11.6 Å². The number of nitrogens with zero attached hydrogens (tertiary/aromatic N) is 1. The smallest absolute Gasteiger partial charge is 0.131 e. The minimum atomic E-state index is -0.629. The molecule has 1 heterocycles. The van der Waals surface area contributed by atoms with Crippen molar-refractivity contribution >= 4 is 11.6 Å². The molecule has 0 saturated carbocycles. The number of pyridine rings is 1. The molecule has 0 spiro atoms. The fourth-order valence-corrected chi connectivity index (χ4v) is 2.02. The predicted octanol–water partition coefficient (Wildman–Crippen LogP) is 3.32. The normalized spacial score (nSPS) is 12.4. The highest BCUT2D eigenvalue weighted by Gasteiger charge is 2.20. The van der Waals surface area contributed by atoms with Gasteiger partial charge in [-0.05, 0) is 25.2 Å². The highest BCUT2D eigenvalue weighted by atomic mass is 35.5. The topological polar surface area (TPSA) is 24.9 Å². The summed E-state index contributed by atoms with van der Waals surface area (Å²) in [5, 5.41) is 3.36. The molecular weight excluding hydrogens is 258 g/mol. The van der Waals surface area contributed by atoms with Crippen molar-refractivity contribution in [1.82, 2.24) is 10.3 Å². The summed E-state index contributed by atoms with van der Waals surface area (Å²) in [6.45, 7) is 0. The van der Waals surface area contributed by atoms with Gasteiger partial charge in [0.25, 0.3) is 0 Å². The summed E-state index contributed by atoms with van der Waals surface area (Å²) in [4.78, 5) is 4.13. The molecular formula is C13H11ClF2N2. The predicted molar refractivity (Wildman–Crippen MR) is 66.5 cm³/mol. The zero-order valence-corrected chi connectivity index (χ0v) is 10.4. The molecule has 2 nitrogen and oxygen atoms in total. The molecule has 18 heavy (non-hydrogen) atoms. The standard InChI is InChI=1S/C13H11ClF2N2/c1-17-12(13-10(14)3-2-6-18-13)9-5-4-8(15)7-11(9)16/h2-7,12,17H,1H3. The number of hydrogen-bond acceptors (Lipinski definition) is 2. The van der Waals surface area contributed by atoms with Gasteiger partial charge in [0, 0.05) is 17.8 Å². The zero-order chi connectivity index (χ0) is 13.1. The quantitative estimate of drug-likeness (QED) is 0.924. The van der Waals surface area contributed by atoms with Gasteiger partial charge in [-0.25, -0.2) is 8.78 Å². The number of rotatable bonds is 3. The van der Waals surface area contributed by atoms with Gasteiger partial charge in [-0.1, -0.05) is 17.7 Å². The first-order valence-electron chi connectivity index (χ1n) is 5.36. The fourth-order valence-electron chi connectivity index (χ4n) is 1.79. The maximum absolute atomic E-state index is 13.8. The third kappa shape index (κ3) is 2.49. The van der Waals surface area contributed by atoms with Gasteiger partial charge in [0.05, 0.1) is 16.8 Å². The van der Waals surface area contributed by atoms with Crippen molar-refractivity contribution in [1.29, 1.82) is 0 Å². The Morgan fingerprint density at radius 1 is 1.28 bits per heavy atom. The van der Waals surface area contributed by atoms with Crippen molar-refractivity contribution in [3.63, 3.8) is 0 Å². The third-order valence-corrected chi connectivity index (χ3v) is 2.94. The minimum Gasteiger partial charge on any atom is -0.308 e. The summed E-state index contributed by atoms with van der Waals surface area (Å²) in [6.07, 6.45) is 1.58. The van der Waals surface area contributed by atoms with E-state index < -0.39 is 17.7 Å². The van der Waals surface area contributed by atoms with Gasteiger partial charge in [-0.15, -0.1) is 0 Å². The number of halogens is 3. The molecule has 1 aromatic carbocycles. The van der Waals surface area contributed by atoms with E-state index in [1.165, 1.54) is 12.1 Å². The van der Waals surface area contributed by atoms with Crippen LogP contribution in [0.2, 0.25) is 5.02 Å². The van der Waals surface area contributed by atoms with Gasteiger partial charge < -0.3 is 5.32 Å². The van der Waals surface area contributed by atoms with E-state index in [0.717, 1.165) is 6.07 Å². The van der Waals surface area contributed by atoms with Crippen LogP contribution in [-0.2, 0) is 0 Å². The summed E-state index contributed by atoms with van der Waals surface area (Å²) in [5.74, 6) is -1.24. The van der Waals surface area contributed by atoms with Crippen molar-refractivity contribution in [2.45, 2.75) is 6.04 Å². The summed E-state index contributed by atoms with van der Waals surface area (Å²) < 4.78 is 26.6. The van der Waals surface area contributed by atoms with E-state index >= 15 is 0 Å². The molecule has 0 fully saturated rings. The largest absolute Gasteiger partial charge is 0.308 e. The van der Waals surface area contributed by atoms with Crippen molar-refractivity contribution < 1.29 is 8.78 Å². The first kappa shape index (κ1) is 12.9. The fraction of sp³-hybridized carbons (Fsp3) is 0.154. The Morgan fingerprint density at radius 3 is 2.67 bits per heavy atom. The van der Waals surface area contributed by atoms with Crippen LogP contribution >= 0.6 is 11.6 Å². The Morgan fingerprint density at radius 2 is 2.06 bits per heavy atom. The molecule has 1 N–H and O–H groups in total. The van der Waals surface area contributed by atoms with Gasteiger partial charge >= 0.3 is 0 Å². The Hall–Kier alpha value is -1.52. The first-order chi connectivity index (χ1) is 8.63. The molecule has 2 rings (SSSR count). The highest BCUT2D eigenvalue weighted by molar-refractivity contribution is 6.31. The van der Waals surface area contributed by atoms with Crippen LogP contribution in [0.5, 0.6) is 0 Å². The molecule has 0 amide bonds. The summed E-state index contributed by atoms with van der Waals surface area (Å²) in [6, 6.07) is 6.29.